The SMILES string of the molecule is CCCN(CC(=O)N(CCc1ccc(OC)c(OC)c1)Cc1sccc1C)C(=O)/C=C/c1ccc([N+](=O)[O-])cc1. The van der Waals surface area contributed by atoms with Crippen LogP contribution >= 0.6 is 11.3 Å². The molecule has 0 fully saturated rings. The lowest BCUT2D eigenvalue weighted by Crippen LogP contribution is -2.43. The maximum atomic E-state index is 13.6. The quantitative estimate of drug-likeness (QED) is 0.145. The molecule has 40 heavy (non-hydrogen) atoms. The minimum absolute atomic E-state index is 0.0177. The number of nitrogens with zero attached hydrogens (tertiary/aromatic N) is 3. The van der Waals surface area contributed by atoms with Gasteiger partial charge in [0.25, 0.3) is 5.69 Å². The van der Waals surface area contributed by atoms with Gasteiger partial charge in [0.1, 0.15) is 6.54 Å². The number of methoxy groups -OCH3 is 2. The van der Waals surface area contributed by atoms with E-state index in [0.29, 0.717) is 49.5 Å². The normalized spacial score (nSPS) is 10.9. The zero-order valence-electron chi connectivity index (χ0n) is 23.3. The number of aryl methyl sites for hydroxylation is 1. The number of amides is 2. The molecule has 2 aromatic carbocycles. The van der Waals surface area contributed by atoms with E-state index < -0.39 is 4.92 Å². The Kier molecular flexibility index (Phi) is 11.3. The highest BCUT2D eigenvalue weighted by Gasteiger charge is 2.21. The van der Waals surface area contributed by atoms with Crippen molar-refractivity contribution in [2.45, 2.75) is 33.2 Å². The number of carbonyl (C=O) groups excluding carboxylic acids is 2. The summed E-state index contributed by atoms with van der Waals surface area (Å²) < 4.78 is 10.8. The molecule has 0 saturated carbocycles. The zero-order valence-corrected chi connectivity index (χ0v) is 24.1. The summed E-state index contributed by atoms with van der Waals surface area (Å²) in [4.78, 5) is 41.5. The van der Waals surface area contributed by atoms with Crippen LogP contribution in [0.25, 0.3) is 6.08 Å². The Morgan fingerprint density at radius 2 is 1.73 bits per heavy atom. The van der Waals surface area contributed by atoms with E-state index in [2.05, 4.69) is 0 Å². The molecular weight excluding hydrogens is 530 g/mol. The smallest absolute Gasteiger partial charge is 0.269 e. The largest absolute Gasteiger partial charge is 0.493 e. The maximum Gasteiger partial charge on any atom is 0.269 e. The maximum absolute atomic E-state index is 13.6. The summed E-state index contributed by atoms with van der Waals surface area (Å²) in [5.74, 6) is 0.843. The van der Waals surface area contributed by atoms with Gasteiger partial charge in [0, 0.05) is 36.2 Å². The van der Waals surface area contributed by atoms with E-state index in [1.165, 1.54) is 23.1 Å². The molecule has 0 aliphatic rings. The molecule has 1 aromatic heterocycles. The molecule has 2 amide bonds. The van der Waals surface area contributed by atoms with Crippen LogP contribution in [-0.2, 0) is 22.6 Å². The standard InChI is InChI=1S/C30H35N3O6S/c1-5-16-31(29(34)13-9-23-6-10-25(11-7-23)33(36)37)21-30(35)32(20-28-22(2)15-18-40-28)17-14-24-8-12-26(38-3)27(19-24)39-4/h6-13,15,18-19H,5,14,16-17,20-21H2,1-4H3/b13-9+. The van der Waals surface area contributed by atoms with Gasteiger partial charge in [0.15, 0.2) is 11.5 Å². The molecule has 0 aliphatic carbocycles. The van der Waals surface area contributed by atoms with E-state index >= 15 is 0 Å². The predicted octanol–water partition coefficient (Wildman–Crippen LogP) is 5.51. The molecule has 9 nitrogen and oxygen atoms in total. The van der Waals surface area contributed by atoms with Crippen molar-refractivity contribution in [3.05, 3.63) is 91.7 Å². The number of ether oxygens (including phenoxy) is 2. The second-order valence-electron chi connectivity index (χ2n) is 9.22. The van der Waals surface area contributed by atoms with Gasteiger partial charge >= 0.3 is 0 Å². The molecule has 0 bridgehead atoms. The highest BCUT2D eigenvalue weighted by molar-refractivity contribution is 7.10. The fourth-order valence-corrected chi connectivity index (χ4v) is 5.03. The molecule has 1 heterocycles. The molecule has 0 spiro atoms. The van der Waals surface area contributed by atoms with Crippen molar-refractivity contribution in [3.8, 4) is 11.5 Å². The summed E-state index contributed by atoms with van der Waals surface area (Å²) in [5.41, 5.74) is 2.77. The number of thiophene rings is 1. The van der Waals surface area contributed by atoms with Gasteiger partial charge < -0.3 is 19.3 Å². The molecule has 10 heteroatoms. The van der Waals surface area contributed by atoms with Crippen molar-refractivity contribution in [1.29, 1.82) is 0 Å². The van der Waals surface area contributed by atoms with Crippen molar-refractivity contribution < 1.29 is 24.0 Å². The predicted molar refractivity (Wildman–Crippen MR) is 157 cm³/mol. The molecular formula is C30H35N3O6S. The summed E-state index contributed by atoms with van der Waals surface area (Å²) in [6.45, 7) is 5.29. The van der Waals surface area contributed by atoms with Crippen molar-refractivity contribution >= 4 is 34.9 Å². The number of benzene rings is 2. The summed E-state index contributed by atoms with van der Waals surface area (Å²) in [6, 6.07) is 13.7. The van der Waals surface area contributed by atoms with Gasteiger partial charge in [-0.3, -0.25) is 19.7 Å². The molecule has 0 saturated heterocycles. The van der Waals surface area contributed by atoms with Gasteiger partial charge in [-0.15, -0.1) is 11.3 Å². The highest BCUT2D eigenvalue weighted by Crippen LogP contribution is 2.28. The first-order valence-corrected chi connectivity index (χ1v) is 13.9. The first-order chi connectivity index (χ1) is 19.2. The van der Waals surface area contributed by atoms with Gasteiger partial charge in [-0.25, -0.2) is 0 Å². The Balaban J connectivity index is 1.74. The number of hydrogen-bond donors (Lipinski definition) is 0. The molecule has 0 atom stereocenters. The minimum Gasteiger partial charge on any atom is -0.493 e. The Bertz CT molecular complexity index is 1340. The van der Waals surface area contributed by atoms with Crippen LogP contribution in [0.5, 0.6) is 11.5 Å². The van der Waals surface area contributed by atoms with Crippen molar-refractivity contribution in [2.75, 3.05) is 33.9 Å². The first kappa shape index (κ1) is 30.4. The number of nitro groups is 1. The van der Waals surface area contributed by atoms with E-state index in [4.69, 9.17) is 9.47 Å². The van der Waals surface area contributed by atoms with E-state index in [1.54, 1.807) is 48.7 Å². The number of nitro benzene ring substituents is 1. The Labute approximate surface area is 238 Å². The second kappa shape index (κ2) is 14.8. The van der Waals surface area contributed by atoms with Crippen molar-refractivity contribution in [3.63, 3.8) is 0 Å². The highest BCUT2D eigenvalue weighted by atomic mass is 32.1. The third-order valence-corrected chi connectivity index (χ3v) is 7.44. The Morgan fingerprint density at radius 3 is 2.33 bits per heavy atom. The fourth-order valence-electron chi connectivity index (χ4n) is 4.11. The average Bonchev–Trinajstić information content (AvgIpc) is 3.37. The monoisotopic (exact) mass is 565 g/mol. The first-order valence-electron chi connectivity index (χ1n) is 13.0. The summed E-state index contributed by atoms with van der Waals surface area (Å²) in [6.07, 6.45) is 4.31. The fraction of sp³-hybridized carbons (Fsp3) is 0.333. The van der Waals surface area contributed by atoms with Crippen LogP contribution in [0.15, 0.2) is 60.0 Å². The number of non-ortho nitro benzene ring substituents is 1. The van der Waals surface area contributed by atoms with Crippen LogP contribution in [0.1, 0.15) is 34.9 Å². The third kappa shape index (κ3) is 8.41. The van der Waals surface area contributed by atoms with Crippen LogP contribution < -0.4 is 9.47 Å². The summed E-state index contributed by atoms with van der Waals surface area (Å²) in [5, 5.41) is 12.9. The van der Waals surface area contributed by atoms with Gasteiger partial charge in [0.2, 0.25) is 11.8 Å². The van der Waals surface area contributed by atoms with Crippen LogP contribution in [0.2, 0.25) is 0 Å². The lowest BCUT2D eigenvalue weighted by molar-refractivity contribution is -0.384. The number of rotatable bonds is 14. The van der Waals surface area contributed by atoms with E-state index in [9.17, 15) is 19.7 Å². The van der Waals surface area contributed by atoms with E-state index in [0.717, 1.165) is 16.0 Å². The summed E-state index contributed by atoms with van der Waals surface area (Å²) in [7, 11) is 3.18. The lowest BCUT2D eigenvalue weighted by atomic mass is 10.1. The molecule has 3 rings (SSSR count). The van der Waals surface area contributed by atoms with E-state index in [-0.39, 0.29) is 24.0 Å². The molecule has 0 radical (unpaired) electrons. The lowest BCUT2D eigenvalue weighted by Gasteiger charge is -2.27. The Hall–Kier alpha value is -4.18. The van der Waals surface area contributed by atoms with Gasteiger partial charge in [-0.2, -0.15) is 0 Å². The molecule has 3 aromatic rings. The van der Waals surface area contributed by atoms with Gasteiger partial charge in [-0.1, -0.05) is 13.0 Å². The molecule has 0 N–H and O–H groups in total. The van der Waals surface area contributed by atoms with Crippen molar-refractivity contribution in [2.24, 2.45) is 0 Å². The third-order valence-electron chi connectivity index (χ3n) is 6.43. The van der Waals surface area contributed by atoms with Gasteiger partial charge in [-0.05, 0) is 78.2 Å². The van der Waals surface area contributed by atoms with Crippen LogP contribution in [0.4, 0.5) is 5.69 Å². The minimum atomic E-state index is -0.470. The average molecular weight is 566 g/mol. The molecule has 0 unspecified atom stereocenters. The van der Waals surface area contributed by atoms with Crippen molar-refractivity contribution in [1.82, 2.24) is 9.80 Å². The Morgan fingerprint density at radius 1 is 1.00 bits per heavy atom. The van der Waals surface area contributed by atoms with E-state index in [1.807, 2.05) is 43.5 Å². The number of hydrogen-bond acceptors (Lipinski definition) is 7. The topological polar surface area (TPSA) is 102 Å². The second-order valence-corrected chi connectivity index (χ2v) is 10.2. The number of carbonyl (C=O) groups is 2. The van der Waals surface area contributed by atoms with Crippen LogP contribution in [-0.4, -0.2) is 60.4 Å². The van der Waals surface area contributed by atoms with Crippen LogP contribution in [0.3, 0.4) is 0 Å². The van der Waals surface area contributed by atoms with Crippen LogP contribution in [0, 0.1) is 17.0 Å². The van der Waals surface area contributed by atoms with Gasteiger partial charge in [0.05, 0.1) is 25.7 Å². The zero-order chi connectivity index (χ0) is 29.1. The molecule has 212 valence electrons. The summed E-state index contributed by atoms with van der Waals surface area (Å²) >= 11 is 1.61. The molecule has 0 aliphatic heterocycles.